The Kier molecular flexibility index (Phi) is 11.1. The molecule has 0 spiro atoms. The lowest BCUT2D eigenvalue weighted by molar-refractivity contribution is -0.142. The lowest BCUT2D eigenvalue weighted by atomic mass is 9.91. The number of aryl methyl sites for hydroxylation is 4. The zero-order chi connectivity index (χ0) is 29.5. The number of anilines is 1. The van der Waals surface area contributed by atoms with Gasteiger partial charge in [-0.25, -0.2) is 4.79 Å². The highest BCUT2D eigenvalue weighted by molar-refractivity contribution is 6.00. The summed E-state index contributed by atoms with van der Waals surface area (Å²) in [7, 11) is 0. The number of alkyl carbamates (subject to hydrolysis) is 1. The lowest BCUT2D eigenvalue weighted by Gasteiger charge is -2.37. The number of hydrogen-bond acceptors (Lipinski definition) is 5. The highest BCUT2D eigenvalue weighted by Gasteiger charge is 2.39. The molecular formula is C31H45N3O5. The molecule has 2 rings (SSSR count). The molecule has 0 bridgehead atoms. The number of nitrogens with one attached hydrogen (secondary N) is 2. The number of rotatable bonds is 10. The van der Waals surface area contributed by atoms with Crippen LogP contribution in [0.4, 0.5) is 10.5 Å². The number of nitrogens with zero attached hydrogens (tertiary/aromatic N) is 1. The van der Waals surface area contributed by atoms with Gasteiger partial charge < -0.3 is 25.4 Å². The predicted octanol–water partition coefficient (Wildman–Crippen LogP) is 5.36. The van der Waals surface area contributed by atoms with Gasteiger partial charge in [-0.2, -0.15) is 0 Å². The van der Waals surface area contributed by atoms with Gasteiger partial charge in [0.2, 0.25) is 5.91 Å². The van der Waals surface area contributed by atoms with Crippen molar-refractivity contribution in [3.05, 3.63) is 64.2 Å². The van der Waals surface area contributed by atoms with Gasteiger partial charge in [0.25, 0.3) is 5.91 Å². The van der Waals surface area contributed by atoms with Crippen LogP contribution in [-0.4, -0.2) is 52.7 Å². The summed E-state index contributed by atoms with van der Waals surface area (Å²) in [5.74, 6) is -1.12. The average Bonchev–Trinajstić information content (AvgIpc) is 2.84. The van der Waals surface area contributed by atoms with E-state index in [2.05, 4.69) is 10.6 Å². The fraction of sp³-hybridized carbons (Fsp3) is 0.516. The largest absolute Gasteiger partial charge is 0.444 e. The number of ether oxygens (including phenoxy) is 1. The van der Waals surface area contributed by atoms with Crippen LogP contribution in [0.15, 0.2) is 36.4 Å². The monoisotopic (exact) mass is 539 g/mol. The van der Waals surface area contributed by atoms with Crippen molar-refractivity contribution in [2.24, 2.45) is 5.92 Å². The Bertz CT molecular complexity index is 1130. The SMILES string of the molecule is CCC(C)C(NC(=O)OC(C)(C)C)C(=O)N(CCO)C(C(=O)Nc1c(C)cccc1C)c1c(C)cccc1C. The van der Waals surface area contributed by atoms with Crippen molar-refractivity contribution in [2.45, 2.75) is 86.4 Å². The molecule has 0 heterocycles. The average molecular weight is 540 g/mol. The third-order valence-corrected chi connectivity index (χ3v) is 6.88. The molecule has 2 aromatic rings. The molecule has 8 nitrogen and oxygen atoms in total. The molecule has 3 N–H and O–H groups in total. The van der Waals surface area contributed by atoms with Crippen LogP contribution in [0.3, 0.4) is 0 Å². The van der Waals surface area contributed by atoms with Gasteiger partial charge in [0.1, 0.15) is 17.7 Å². The Hall–Kier alpha value is -3.39. The van der Waals surface area contributed by atoms with Crippen LogP contribution in [0.1, 0.15) is 74.9 Å². The van der Waals surface area contributed by atoms with Crippen LogP contribution in [0.5, 0.6) is 0 Å². The van der Waals surface area contributed by atoms with Gasteiger partial charge in [0.05, 0.1) is 6.61 Å². The molecule has 214 valence electrons. The van der Waals surface area contributed by atoms with Gasteiger partial charge in [0, 0.05) is 12.2 Å². The third kappa shape index (κ3) is 8.30. The molecule has 0 fully saturated rings. The van der Waals surface area contributed by atoms with Crippen LogP contribution in [0.2, 0.25) is 0 Å². The van der Waals surface area contributed by atoms with Gasteiger partial charge in [-0.15, -0.1) is 0 Å². The molecule has 3 atom stereocenters. The van der Waals surface area contributed by atoms with Crippen molar-refractivity contribution >= 4 is 23.6 Å². The number of amides is 3. The van der Waals surface area contributed by atoms with E-state index in [1.165, 1.54) is 4.90 Å². The summed E-state index contributed by atoms with van der Waals surface area (Å²) in [4.78, 5) is 42.5. The van der Waals surface area contributed by atoms with E-state index in [9.17, 15) is 19.5 Å². The molecule has 3 amide bonds. The van der Waals surface area contributed by atoms with Crippen molar-refractivity contribution in [1.29, 1.82) is 0 Å². The number of para-hydroxylation sites is 1. The third-order valence-electron chi connectivity index (χ3n) is 6.88. The highest BCUT2D eigenvalue weighted by Crippen LogP contribution is 2.31. The number of aliphatic hydroxyl groups is 1. The second-order valence-corrected chi connectivity index (χ2v) is 11.2. The Morgan fingerprint density at radius 1 is 0.949 bits per heavy atom. The van der Waals surface area contributed by atoms with Gasteiger partial charge in [-0.3, -0.25) is 9.59 Å². The van der Waals surface area contributed by atoms with E-state index in [-0.39, 0.29) is 19.1 Å². The van der Waals surface area contributed by atoms with E-state index in [1.807, 2.05) is 77.9 Å². The van der Waals surface area contributed by atoms with Gasteiger partial charge in [0.15, 0.2) is 0 Å². The van der Waals surface area contributed by atoms with E-state index < -0.39 is 35.6 Å². The summed E-state index contributed by atoms with van der Waals surface area (Å²) in [6.45, 7) is 16.2. The molecule has 39 heavy (non-hydrogen) atoms. The van der Waals surface area contributed by atoms with Gasteiger partial charge in [-0.05, 0) is 82.2 Å². The first-order valence-corrected chi connectivity index (χ1v) is 13.6. The maximum Gasteiger partial charge on any atom is 0.408 e. The number of hydrogen-bond donors (Lipinski definition) is 3. The zero-order valence-electron chi connectivity index (χ0n) is 24.8. The van der Waals surface area contributed by atoms with Crippen molar-refractivity contribution < 1.29 is 24.2 Å². The van der Waals surface area contributed by atoms with Crippen molar-refractivity contribution in [3.8, 4) is 0 Å². The van der Waals surface area contributed by atoms with Crippen LogP contribution in [-0.2, 0) is 14.3 Å². The van der Waals surface area contributed by atoms with E-state index in [0.717, 1.165) is 22.3 Å². The second kappa shape index (κ2) is 13.6. The van der Waals surface area contributed by atoms with Crippen LogP contribution >= 0.6 is 0 Å². The van der Waals surface area contributed by atoms with Crippen molar-refractivity contribution in [1.82, 2.24) is 10.2 Å². The minimum Gasteiger partial charge on any atom is -0.444 e. The highest BCUT2D eigenvalue weighted by atomic mass is 16.6. The first kappa shape index (κ1) is 31.8. The molecule has 8 heteroatoms. The van der Waals surface area contributed by atoms with Crippen LogP contribution in [0, 0.1) is 33.6 Å². The Labute approximate surface area is 233 Å². The number of benzene rings is 2. The summed E-state index contributed by atoms with van der Waals surface area (Å²) in [6, 6.07) is 9.44. The van der Waals surface area contributed by atoms with Crippen LogP contribution < -0.4 is 10.6 Å². The number of aliphatic hydroxyl groups excluding tert-OH is 1. The summed E-state index contributed by atoms with van der Waals surface area (Å²) in [5.41, 5.74) is 4.09. The first-order valence-electron chi connectivity index (χ1n) is 13.6. The molecule has 2 aromatic carbocycles. The molecule has 0 saturated heterocycles. The molecule has 0 radical (unpaired) electrons. The van der Waals surface area contributed by atoms with Crippen LogP contribution in [0.25, 0.3) is 0 Å². The minimum absolute atomic E-state index is 0.0968. The van der Waals surface area contributed by atoms with Gasteiger partial charge >= 0.3 is 6.09 Å². The Balaban J connectivity index is 2.64. The second-order valence-electron chi connectivity index (χ2n) is 11.2. The number of carbonyl (C=O) groups is 3. The molecule has 0 aliphatic rings. The summed E-state index contributed by atoms with van der Waals surface area (Å²) in [5, 5.41) is 15.8. The van der Waals surface area contributed by atoms with Gasteiger partial charge in [-0.1, -0.05) is 56.7 Å². The Morgan fingerprint density at radius 2 is 1.46 bits per heavy atom. The molecule has 0 saturated carbocycles. The first-order chi connectivity index (χ1) is 18.2. The fourth-order valence-electron chi connectivity index (χ4n) is 4.66. The normalized spacial score (nSPS) is 13.7. The quantitative estimate of drug-likeness (QED) is 0.377. The molecule has 0 aliphatic heterocycles. The topological polar surface area (TPSA) is 108 Å². The molecule has 3 unspecified atom stereocenters. The smallest absolute Gasteiger partial charge is 0.408 e. The molecule has 0 aromatic heterocycles. The van der Waals surface area contributed by atoms with E-state index in [0.29, 0.717) is 17.7 Å². The summed E-state index contributed by atoms with van der Waals surface area (Å²) < 4.78 is 5.44. The van der Waals surface area contributed by atoms with E-state index >= 15 is 0 Å². The van der Waals surface area contributed by atoms with E-state index in [4.69, 9.17) is 4.74 Å². The lowest BCUT2D eigenvalue weighted by Crippen LogP contribution is -2.55. The van der Waals surface area contributed by atoms with Crippen molar-refractivity contribution in [2.75, 3.05) is 18.5 Å². The van der Waals surface area contributed by atoms with E-state index in [1.54, 1.807) is 20.8 Å². The Morgan fingerprint density at radius 3 is 1.92 bits per heavy atom. The molecule has 0 aliphatic carbocycles. The predicted molar refractivity (Wildman–Crippen MR) is 155 cm³/mol. The minimum atomic E-state index is -1.04. The standard InChI is InChI=1S/C31H45N3O5/c1-10-19(2)26(33-30(38)39-31(7,8)9)29(37)34(17-18-35)27(24-20(3)13-11-14-21(24)4)28(36)32-25-22(5)15-12-16-23(25)6/h11-16,19,26-27,35H,10,17-18H2,1-9H3,(H,32,36)(H,33,38). The zero-order valence-corrected chi connectivity index (χ0v) is 24.8. The fourth-order valence-corrected chi connectivity index (χ4v) is 4.66. The maximum absolute atomic E-state index is 14.2. The summed E-state index contributed by atoms with van der Waals surface area (Å²) in [6.07, 6.45) is -0.115. The molecular weight excluding hydrogens is 494 g/mol. The number of carbonyl (C=O) groups excluding carboxylic acids is 3. The maximum atomic E-state index is 14.2. The summed E-state index contributed by atoms with van der Waals surface area (Å²) >= 11 is 0. The van der Waals surface area contributed by atoms with Crippen molar-refractivity contribution in [3.63, 3.8) is 0 Å².